The Morgan fingerprint density at radius 2 is 1.95 bits per heavy atom. The Hall–Kier alpha value is -1.69. The lowest BCUT2D eigenvalue weighted by Gasteiger charge is -2.29. The monoisotopic (exact) mass is 265 g/mol. The molecule has 19 heavy (non-hydrogen) atoms. The predicted octanol–water partition coefficient (Wildman–Crippen LogP) is 1.17. The molecule has 0 aromatic carbocycles. The molecular weight excluding hydrogens is 246 g/mol. The molecule has 1 aliphatic carbocycles. The van der Waals surface area contributed by atoms with Crippen LogP contribution in [0.5, 0.6) is 6.01 Å². The molecule has 0 atom stereocenters. The van der Waals surface area contributed by atoms with E-state index in [1.54, 1.807) is 7.11 Å². The molecule has 0 radical (unpaired) electrons. The van der Waals surface area contributed by atoms with Crippen LogP contribution in [0.2, 0.25) is 0 Å². The minimum absolute atomic E-state index is 0.165. The van der Waals surface area contributed by atoms with Gasteiger partial charge in [-0.3, -0.25) is 4.79 Å². The van der Waals surface area contributed by atoms with E-state index in [9.17, 15) is 4.79 Å². The molecule has 1 N–H and O–H groups in total. The molecule has 1 heterocycles. The predicted molar refractivity (Wildman–Crippen MR) is 69.1 cm³/mol. The van der Waals surface area contributed by atoms with Gasteiger partial charge in [0.1, 0.15) is 0 Å². The highest BCUT2D eigenvalue weighted by Gasteiger charge is 2.35. The van der Waals surface area contributed by atoms with Gasteiger partial charge in [0.05, 0.1) is 24.8 Å². The molecule has 0 saturated heterocycles. The number of nitrogens with zero attached hydrogens (tertiary/aromatic N) is 2. The first-order chi connectivity index (χ1) is 9.19. The number of rotatable bonds is 5. The van der Waals surface area contributed by atoms with Crippen molar-refractivity contribution in [2.45, 2.75) is 31.2 Å². The van der Waals surface area contributed by atoms with E-state index in [1.165, 1.54) is 19.5 Å². The Morgan fingerprint density at radius 3 is 2.47 bits per heavy atom. The van der Waals surface area contributed by atoms with Crippen LogP contribution >= 0.6 is 0 Å². The fourth-order valence-electron chi connectivity index (χ4n) is 2.49. The van der Waals surface area contributed by atoms with Gasteiger partial charge in [-0.2, -0.15) is 0 Å². The third kappa shape index (κ3) is 3.20. The van der Waals surface area contributed by atoms with Crippen LogP contribution in [0, 0.1) is 0 Å². The Bertz CT molecular complexity index is 427. The van der Waals surface area contributed by atoms with Crippen LogP contribution in [0.15, 0.2) is 12.4 Å². The van der Waals surface area contributed by atoms with Gasteiger partial charge in [-0.25, -0.2) is 9.97 Å². The maximum atomic E-state index is 12.2. The van der Waals surface area contributed by atoms with E-state index in [1.807, 2.05) is 0 Å². The van der Waals surface area contributed by atoms with Crippen molar-refractivity contribution >= 4 is 5.91 Å². The van der Waals surface area contributed by atoms with Gasteiger partial charge in [0.2, 0.25) is 0 Å². The summed E-state index contributed by atoms with van der Waals surface area (Å²) in [5.74, 6) is -0.165. The van der Waals surface area contributed by atoms with Gasteiger partial charge in [0, 0.05) is 19.5 Å². The maximum absolute atomic E-state index is 12.2. The van der Waals surface area contributed by atoms with Crippen molar-refractivity contribution < 1.29 is 14.3 Å². The molecule has 1 fully saturated rings. The van der Waals surface area contributed by atoms with Gasteiger partial charge < -0.3 is 14.8 Å². The summed E-state index contributed by atoms with van der Waals surface area (Å²) in [4.78, 5) is 20.1. The van der Waals surface area contributed by atoms with Crippen molar-refractivity contribution in [1.82, 2.24) is 15.3 Å². The quantitative estimate of drug-likeness (QED) is 0.865. The standard InChI is InChI=1S/C13H19N3O3/c1-18-9-13(5-3-4-6-13)16-11(17)10-7-14-12(19-2)15-8-10/h7-8H,3-6,9H2,1-2H3,(H,16,17). The fourth-order valence-corrected chi connectivity index (χ4v) is 2.49. The number of hydrogen-bond donors (Lipinski definition) is 1. The zero-order valence-electron chi connectivity index (χ0n) is 11.3. The van der Waals surface area contributed by atoms with Crippen LogP contribution in [0.25, 0.3) is 0 Å². The van der Waals surface area contributed by atoms with E-state index in [0.717, 1.165) is 25.7 Å². The van der Waals surface area contributed by atoms with E-state index >= 15 is 0 Å². The highest BCUT2D eigenvalue weighted by molar-refractivity contribution is 5.94. The van der Waals surface area contributed by atoms with E-state index in [-0.39, 0.29) is 17.5 Å². The summed E-state index contributed by atoms with van der Waals surface area (Å²) in [6.07, 6.45) is 7.06. The van der Waals surface area contributed by atoms with Crippen LogP contribution in [0.4, 0.5) is 0 Å². The summed E-state index contributed by atoms with van der Waals surface area (Å²) < 4.78 is 10.1. The highest BCUT2D eigenvalue weighted by atomic mass is 16.5. The van der Waals surface area contributed by atoms with E-state index in [2.05, 4.69) is 15.3 Å². The maximum Gasteiger partial charge on any atom is 0.316 e. The Balaban J connectivity index is 2.06. The second-order valence-corrected chi connectivity index (χ2v) is 4.83. The number of hydrogen-bond acceptors (Lipinski definition) is 5. The topological polar surface area (TPSA) is 73.3 Å². The summed E-state index contributed by atoms with van der Waals surface area (Å²) in [5.41, 5.74) is 0.189. The lowest BCUT2D eigenvalue weighted by molar-refractivity contribution is 0.0766. The van der Waals surface area contributed by atoms with Crippen LogP contribution < -0.4 is 10.1 Å². The number of carbonyl (C=O) groups excluding carboxylic acids is 1. The first-order valence-electron chi connectivity index (χ1n) is 6.37. The van der Waals surface area contributed by atoms with Crippen molar-refractivity contribution in [3.05, 3.63) is 18.0 Å². The number of methoxy groups -OCH3 is 2. The minimum Gasteiger partial charge on any atom is -0.467 e. The number of carbonyl (C=O) groups is 1. The first kappa shape index (κ1) is 13.7. The molecule has 1 aromatic rings. The Labute approximate surface area is 112 Å². The summed E-state index contributed by atoms with van der Waals surface area (Å²) in [6, 6.07) is 0.254. The number of ether oxygens (including phenoxy) is 2. The largest absolute Gasteiger partial charge is 0.467 e. The van der Waals surface area contributed by atoms with Crippen LogP contribution in [0.1, 0.15) is 36.0 Å². The molecule has 6 heteroatoms. The normalized spacial score (nSPS) is 17.2. The molecule has 0 unspecified atom stereocenters. The SMILES string of the molecule is COCC1(NC(=O)c2cnc(OC)nc2)CCCC1. The number of amides is 1. The molecule has 1 aromatic heterocycles. The second kappa shape index (κ2) is 5.97. The number of aromatic nitrogens is 2. The van der Waals surface area contributed by atoms with Crippen molar-refractivity contribution in [3.63, 3.8) is 0 Å². The molecule has 1 aliphatic rings. The van der Waals surface area contributed by atoms with Crippen LogP contribution in [-0.2, 0) is 4.74 Å². The van der Waals surface area contributed by atoms with Gasteiger partial charge >= 0.3 is 6.01 Å². The van der Waals surface area contributed by atoms with E-state index < -0.39 is 0 Å². The van der Waals surface area contributed by atoms with E-state index in [4.69, 9.17) is 9.47 Å². The molecule has 0 spiro atoms. The molecule has 2 rings (SSSR count). The van der Waals surface area contributed by atoms with Crippen molar-refractivity contribution in [3.8, 4) is 6.01 Å². The fraction of sp³-hybridized carbons (Fsp3) is 0.615. The minimum atomic E-state index is -0.244. The lowest BCUT2D eigenvalue weighted by Crippen LogP contribution is -2.49. The van der Waals surface area contributed by atoms with Crippen LogP contribution in [-0.4, -0.2) is 42.2 Å². The molecule has 1 amide bonds. The Kier molecular flexibility index (Phi) is 4.31. The third-order valence-electron chi connectivity index (χ3n) is 3.43. The average molecular weight is 265 g/mol. The van der Waals surface area contributed by atoms with Gasteiger partial charge in [0.25, 0.3) is 5.91 Å². The van der Waals surface area contributed by atoms with Gasteiger partial charge in [-0.05, 0) is 12.8 Å². The lowest BCUT2D eigenvalue weighted by atomic mass is 9.98. The van der Waals surface area contributed by atoms with Crippen molar-refractivity contribution in [2.24, 2.45) is 0 Å². The van der Waals surface area contributed by atoms with Gasteiger partial charge in [-0.1, -0.05) is 12.8 Å². The average Bonchev–Trinajstić information content (AvgIpc) is 2.87. The van der Waals surface area contributed by atoms with Gasteiger partial charge in [0.15, 0.2) is 0 Å². The van der Waals surface area contributed by atoms with Gasteiger partial charge in [-0.15, -0.1) is 0 Å². The summed E-state index contributed by atoms with van der Waals surface area (Å²) in [5, 5.41) is 3.06. The van der Waals surface area contributed by atoms with E-state index in [0.29, 0.717) is 12.2 Å². The third-order valence-corrected chi connectivity index (χ3v) is 3.43. The zero-order valence-corrected chi connectivity index (χ0v) is 11.3. The first-order valence-corrected chi connectivity index (χ1v) is 6.37. The molecule has 1 saturated carbocycles. The zero-order chi connectivity index (χ0) is 13.7. The molecular formula is C13H19N3O3. The van der Waals surface area contributed by atoms with Crippen molar-refractivity contribution in [1.29, 1.82) is 0 Å². The molecule has 6 nitrogen and oxygen atoms in total. The summed E-state index contributed by atoms with van der Waals surface area (Å²) in [7, 11) is 3.14. The molecule has 0 aliphatic heterocycles. The van der Waals surface area contributed by atoms with Crippen molar-refractivity contribution in [2.75, 3.05) is 20.8 Å². The second-order valence-electron chi connectivity index (χ2n) is 4.83. The Morgan fingerprint density at radius 1 is 1.32 bits per heavy atom. The molecule has 0 bridgehead atoms. The smallest absolute Gasteiger partial charge is 0.316 e. The van der Waals surface area contributed by atoms with Crippen LogP contribution in [0.3, 0.4) is 0 Å². The molecule has 104 valence electrons. The highest BCUT2D eigenvalue weighted by Crippen LogP contribution is 2.30. The summed E-state index contributed by atoms with van der Waals surface area (Å²) >= 11 is 0. The number of nitrogens with one attached hydrogen (secondary N) is 1. The summed E-state index contributed by atoms with van der Waals surface area (Å²) in [6.45, 7) is 0.537.